The number of epoxide rings is 1. The molecular weight excluding hydrogens is 709 g/mol. The topological polar surface area (TPSA) is 106 Å². The van der Waals surface area contributed by atoms with Crippen LogP contribution in [0.2, 0.25) is 0 Å². The minimum absolute atomic E-state index is 0.109. The zero-order chi connectivity index (χ0) is 39.3. The van der Waals surface area contributed by atoms with Gasteiger partial charge in [-0.25, -0.2) is 0 Å². The maximum Gasteiger partial charge on any atom is 0.202 e. The molecule has 4 aromatic carbocycles. The van der Waals surface area contributed by atoms with E-state index in [0.29, 0.717) is 31.2 Å². The molecule has 0 aromatic heterocycles. The molecule has 302 valence electrons. The van der Waals surface area contributed by atoms with E-state index in [2.05, 4.69) is 86.0 Å². The molecule has 2 fully saturated rings. The number of benzene rings is 4. The first-order chi connectivity index (χ1) is 27.3. The number of ether oxygens (including phenoxy) is 6. The fourth-order valence-electron chi connectivity index (χ4n) is 7.08. The van der Waals surface area contributed by atoms with Crippen molar-refractivity contribution in [2.45, 2.75) is 70.6 Å². The maximum absolute atomic E-state index is 10.7. The molecule has 56 heavy (non-hydrogen) atoms. The largest absolute Gasteiger partial charge is 0.491 e. The molecule has 0 spiro atoms. The van der Waals surface area contributed by atoms with Crippen LogP contribution in [-0.2, 0) is 9.47 Å². The van der Waals surface area contributed by atoms with Crippen molar-refractivity contribution in [3.05, 3.63) is 119 Å². The first-order valence-corrected chi connectivity index (χ1v) is 20.3. The smallest absolute Gasteiger partial charge is 0.202 e. The molecule has 0 amide bonds. The van der Waals surface area contributed by atoms with E-state index >= 15 is 0 Å². The minimum atomic E-state index is -0.584. The molecule has 0 bridgehead atoms. The summed E-state index contributed by atoms with van der Waals surface area (Å²) >= 11 is 0. The fraction of sp³-hybridized carbons (Fsp3) is 0.478. The Labute approximate surface area is 332 Å². The third-order valence-electron chi connectivity index (χ3n) is 10.7. The standard InChI is InChI=1S/C46H60N2O8/c1-5-47(6-2)27-37(49)29-52-39-17-9-33(10-18-39)45(35-13-21-41(22-14-35)54-31-43-32-55-43)46(36-15-23-42(24-16-36)56-44-25-26-51-44)34-11-19-40(20-12-34)53-30-38(50)28-48(7-3)8-4/h9-24,37-38,43-46,49-50H,5-8,25-32H2,1-4H3/t37?,38?,43?,44-,45?,46?/m1/s1. The van der Waals surface area contributed by atoms with Crippen LogP contribution >= 0.6 is 0 Å². The molecule has 0 radical (unpaired) electrons. The van der Waals surface area contributed by atoms with Gasteiger partial charge in [0, 0.05) is 31.3 Å². The minimum Gasteiger partial charge on any atom is -0.491 e. The highest BCUT2D eigenvalue weighted by Gasteiger charge is 2.30. The highest BCUT2D eigenvalue weighted by atomic mass is 16.7. The molecule has 2 heterocycles. The Kier molecular flexibility index (Phi) is 15.4. The van der Waals surface area contributed by atoms with Crippen LogP contribution in [0.1, 0.15) is 68.2 Å². The van der Waals surface area contributed by atoms with Crippen molar-refractivity contribution in [2.75, 3.05) is 72.3 Å². The normalized spacial score (nSPS) is 18.5. The Hall–Kier alpha value is -4.16. The monoisotopic (exact) mass is 768 g/mol. The molecule has 10 nitrogen and oxygen atoms in total. The summed E-state index contributed by atoms with van der Waals surface area (Å²) in [5, 5.41) is 21.3. The van der Waals surface area contributed by atoms with E-state index in [9.17, 15) is 10.2 Å². The lowest BCUT2D eigenvalue weighted by molar-refractivity contribution is -0.165. The maximum atomic E-state index is 10.7. The summed E-state index contributed by atoms with van der Waals surface area (Å²) in [6, 6.07) is 33.2. The lowest BCUT2D eigenvalue weighted by atomic mass is 9.73. The van der Waals surface area contributed by atoms with Crippen LogP contribution in [-0.4, -0.2) is 117 Å². The van der Waals surface area contributed by atoms with Crippen molar-refractivity contribution >= 4 is 0 Å². The Morgan fingerprint density at radius 1 is 0.554 bits per heavy atom. The van der Waals surface area contributed by atoms with E-state index in [0.717, 1.165) is 79.6 Å². The Balaban J connectivity index is 1.30. The predicted octanol–water partition coefficient (Wildman–Crippen LogP) is 6.72. The second kappa shape index (κ2) is 20.8. The number of rotatable bonds is 24. The zero-order valence-electron chi connectivity index (χ0n) is 33.4. The summed E-state index contributed by atoms with van der Waals surface area (Å²) in [4.78, 5) is 4.38. The summed E-state index contributed by atoms with van der Waals surface area (Å²) in [5.74, 6) is 2.77. The summed E-state index contributed by atoms with van der Waals surface area (Å²) < 4.78 is 35.1. The van der Waals surface area contributed by atoms with Gasteiger partial charge in [-0.1, -0.05) is 76.2 Å². The number of hydrogen-bond donors (Lipinski definition) is 2. The van der Waals surface area contributed by atoms with Crippen molar-refractivity contribution in [3.8, 4) is 23.0 Å². The van der Waals surface area contributed by atoms with Gasteiger partial charge in [0.1, 0.15) is 61.1 Å². The lowest BCUT2D eigenvalue weighted by Gasteiger charge is -2.30. The number of aliphatic hydroxyl groups is 2. The molecule has 2 aliphatic heterocycles. The van der Waals surface area contributed by atoms with E-state index in [4.69, 9.17) is 28.4 Å². The molecule has 0 aliphatic carbocycles. The molecule has 6 rings (SSSR count). The first-order valence-electron chi connectivity index (χ1n) is 20.3. The van der Waals surface area contributed by atoms with Gasteiger partial charge in [0.25, 0.3) is 0 Å². The van der Waals surface area contributed by atoms with Crippen LogP contribution in [0.5, 0.6) is 23.0 Å². The van der Waals surface area contributed by atoms with Crippen LogP contribution in [0.25, 0.3) is 0 Å². The van der Waals surface area contributed by atoms with E-state index in [1.807, 2.05) is 48.5 Å². The second-order valence-corrected chi connectivity index (χ2v) is 14.6. The summed E-state index contributed by atoms with van der Waals surface area (Å²) in [6.07, 6.45) is -0.312. The summed E-state index contributed by atoms with van der Waals surface area (Å²) in [7, 11) is 0. The van der Waals surface area contributed by atoms with Gasteiger partial charge < -0.3 is 48.4 Å². The van der Waals surface area contributed by atoms with Gasteiger partial charge in [-0.3, -0.25) is 0 Å². The highest BCUT2D eigenvalue weighted by Crippen LogP contribution is 2.44. The average molecular weight is 769 g/mol. The zero-order valence-corrected chi connectivity index (χ0v) is 33.4. The van der Waals surface area contributed by atoms with Crippen molar-refractivity contribution in [1.29, 1.82) is 0 Å². The number of nitrogens with zero attached hydrogens (tertiary/aromatic N) is 2. The van der Waals surface area contributed by atoms with Gasteiger partial charge >= 0.3 is 0 Å². The molecule has 4 aromatic rings. The van der Waals surface area contributed by atoms with E-state index < -0.39 is 12.2 Å². The van der Waals surface area contributed by atoms with Gasteiger partial charge in [-0.15, -0.1) is 0 Å². The SMILES string of the molecule is CCN(CC)CC(O)COc1ccc(C(c2ccc(OCC3CO3)cc2)C(c2ccc(OCC(O)CN(CC)CC)cc2)c2ccc(O[C@@H]3CCO3)cc2)cc1. The lowest BCUT2D eigenvalue weighted by Crippen LogP contribution is -2.35. The molecule has 5 unspecified atom stereocenters. The van der Waals surface area contributed by atoms with E-state index in [1.54, 1.807) is 0 Å². The van der Waals surface area contributed by atoms with Crippen molar-refractivity contribution in [3.63, 3.8) is 0 Å². The first kappa shape index (κ1) is 41.5. The van der Waals surface area contributed by atoms with Crippen molar-refractivity contribution < 1.29 is 38.6 Å². The van der Waals surface area contributed by atoms with Gasteiger partial charge in [0.05, 0.1) is 13.2 Å². The Bertz CT molecular complexity index is 1700. The molecule has 2 N–H and O–H groups in total. The summed E-state index contributed by atoms with van der Waals surface area (Å²) in [5.41, 5.74) is 4.45. The number of aliphatic hydroxyl groups excluding tert-OH is 2. The molecular formula is C46H60N2O8. The molecule has 2 saturated heterocycles. The second-order valence-electron chi connectivity index (χ2n) is 14.6. The Morgan fingerprint density at radius 2 is 0.911 bits per heavy atom. The van der Waals surface area contributed by atoms with Crippen molar-refractivity contribution in [2.24, 2.45) is 0 Å². The number of likely N-dealkylation sites (N-methyl/N-ethyl adjacent to an activating group) is 2. The van der Waals surface area contributed by atoms with Crippen LogP contribution in [0.15, 0.2) is 97.1 Å². The van der Waals surface area contributed by atoms with E-state index in [1.165, 1.54) is 0 Å². The molecule has 6 atom stereocenters. The molecule has 0 saturated carbocycles. The molecule has 2 aliphatic rings. The molecule has 10 heteroatoms. The van der Waals surface area contributed by atoms with Gasteiger partial charge in [0.15, 0.2) is 0 Å². The third-order valence-corrected chi connectivity index (χ3v) is 10.7. The summed E-state index contributed by atoms with van der Waals surface area (Å²) in [6.45, 7) is 15.5. The van der Waals surface area contributed by atoms with Gasteiger partial charge in [-0.05, 0) is 97.0 Å². The van der Waals surface area contributed by atoms with Crippen LogP contribution in [0.3, 0.4) is 0 Å². The van der Waals surface area contributed by atoms with Crippen LogP contribution in [0, 0.1) is 0 Å². The highest BCUT2D eigenvalue weighted by molar-refractivity contribution is 5.48. The van der Waals surface area contributed by atoms with Crippen LogP contribution in [0.4, 0.5) is 0 Å². The van der Waals surface area contributed by atoms with Crippen LogP contribution < -0.4 is 18.9 Å². The number of hydrogen-bond acceptors (Lipinski definition) is 10. The predicted molar refractivity (Wildman–Crippen MR) is 218 cm³/mol. The average Bonchev–Trinajstić information content (AvgIpc) is 4.06. The fourth-order valence-corrected chi connectivity index (χ4v) is 7.08. The van der Waals surface area contributed by atoms with Gasteiger partial charge in [0.2, 0.25) is 6.29 Å². The quantitative estimate of drug-likeness (QED) is 0.0748. The third kappa shape index (κ3) is 11.9. The van der Waals surface area contributed by atoms with Crippen molar-refractivity contribution in [1.82, 2.24) is 9.80 Å². The van der Waals surface area contributed by atoms with Gasteiger partial charge in [-0.2, -0.15) is 0 Å². The Morgan fingerprint density at radius 3 is 1.23 bits per heavy atom. The van der Waals surface area contributed by atoms with E-state index in [-0.39, 0.29) is 37.4 Å².